The van der Waals surface area contributed by atoms with Gasteiger partial charge >= 0.3 is 0 Å². The minimum absolute atomic E-state index is 0. The lowest BCUT2D eigenvalue weighted by atomic mass is 10.1. The highest BCUT2D eigenvalue weighted by Crippen LogP contribution is 2.21. The molecule has 6 heteroatoms. The molecule has 0 spiro atoms. The summed E-state index contributed by atoms with van der Waals surface area (Å²) < 4.78 is 13.5. The van der Waals surface area contributed by atoms with Crippen LogP contribution in [0.25, 0.3) is 10.9 Å². The van der Waals surface area contributed by atoms with E-state index in [9.17, 15) is 9.18 Å². The topological polar surface area (TPSA) is 58.9 Å². The maximum atomic E-state index is 13.5. The van der Waals surface area contributed by atoms with E-state index in [-0.39, 0.29) is 28.5 Å². The lowest BCUT2D eigenvalue weighted by Crippen LogP contribution is -2.19. The average molecular weight is 277 g/mol. The number of halogens is 3. The van der Waals surface area contributed by atoms with Crippen LogP contribution in [0.1, 0.15) is 18.5 Å². The molecule has 3 N–H and O–H groups in total. The van der Waals surface area contributed by atoms with Gasteiger partial charge in [-0.2, -0.15) is 0 Å². The highest BCUT2D eigenvalue weighted by molar-refractivity contribution is 6.31. The molecule has 1 unspecified atom stereocenters. The third-order valence-electron chi connectivity index (χ3n) is 2.39. The molecule has 1 aromatic heterocycles. The third kappa shape index (κ3) is 2.60. The summed E-state index contributed by atoms with van der Waals surface area (Å²) in [7, 11) is 0. The van der Waals surface area contributed by atoms with Gasteiger partial charge in [-0.1, -0.05) is 11.6 Å². The summed E-state index contributed by atoms with van der Waals surface area (Å²) in [6.07, 6.45) is 0. The molecule has 0 amide bonds. The molecule has 17 heavy (non-hydrogen) atoms. The normalized spacial score (nSPS) is 12.2. The van der Waals surface area contributed by atoms with Gasteiger partial charge in [0.1, 0.15) is 5.82 Å². The molecule has 1 atom stereocenters. The van der Waals surface area contributed by atoms with Gasteiger partial charge in [0.2, 0.25) is 0 Å². The van der Waals surface area contributed by atoms with Gasteiger partial charge in [0.05, 0.1) is 5.52 Å². The van der Waals surface area contributed by atoms with Gasteiger partial charge in [-0.25, -0.2) is 4.39 Å². The number of hydrogen-bond donors (Lipinski definition) is 2. The van der Waals surface area contributed by atoms with Crippen LogP contribution < -0.4 is 11.3 Å². The van der Waals surface area contributed by atoms with Crippen molar-refractivity contribution in [2.75, 3.05) is 0 Å². The Morgan fingerprint density at radius 3 is 2.65 bits per heavy atom. The van der Waals surface area contributed by atoms with E-state index in [0.717, 1.165) is 6.07 Å². The van der Waals surface area contributed by atoms with E-state index >= 15 is 0 Å². The Hall–Kier alpha value is -1.10. The minimum atomic E-state index is -0.546. The van der Waals surface area contributed by atoms with Crippen molar-refractivity contribution in [2.45, 2.75) is 13.0 Å². The van der Waals surface area contributed by atoms with Crippen LogP contribution >= 0.6 is 24.0 Å². The molecule has 1 heterocycles. The molecule has 0 saturated heterocycles. The number of hydrogen-bond acceptors (Lipinski definition) is 2. The Morgan fingerprint density at radius 2 is 2.06 bits per heavy atom. The zero-order chi connectivity index (χ0) is 11.9. The second-order valence-electron chi connectivity index (χ2n) is 3.69. The Morgan fingerprint density at radius 1 is 1.41 bits per heavy atom. The summed E-state index contributed by atoms with van der Waals surface area (Å²) in [5.74, 6) is -0.546. The number of benzene rings is 1. The monoisotopic (exact) mass is 276 g/mol. The lowest BCUT2D eigenvalue weighted by Gasteiger charge is -2.07. The molecule has 3 nitrogen and oxygen atoms in total. The van der Waals surface area contributed by atoms with Crippen LogP contribution in [0.4, 0.5) is 4.39 Å². The number of aromatic amines is 1. The standard InChI is InChI=1S/C11H10ClFN2O.ClH/c1-5(14)8-3-6-2-7(12)4-9(13)10(6)15-11(8)16;/h2-5H,14H2,1H3,(H,15,16);1H. The van der Waals surface area contributed by atoms with E-state index in [4.69, 9.17) is 17.3 Å². The van der Waals surface area contributed by atoms with Crippen LogP contribution in [0, 0.1) is 5.82 Å². The predicted octanol–water partition coefficient (Wildman–Crippen LogP) is 2.76. The first-order valence-electron chi connectivity index (χ1n) is 4.76. The Bertz CT molecular complexity index is 610. The molecule has 0 bridgehead atoms. The van der Waals surface area contributed by atoms with Gasteiger partial charge in [0.25, 0.3) is 5.56 Å². The van der Waals surface area contributed by atoms with Crippen molar-refractivity contribution < 1.29 is 4.39 Å². The summed E-state index contributed by atoms with van der Waals surface area (Å²) in [6, 6.07) is 3.90. The van der Waals surface area contributed by atoms with Crippen molar-refractivity contribution in [3.8, 4) is 0 Å². The quantitative estimate of drug-likeness (QED) is 0.842. The Labute approximate surface area is 108 Å². The van der Waals surface area contributed by atoms with Crippen molar-refractivity contribution >= 4 is 34.9 Å². The number of nitrogens with two attached hydrogens (primary N) is 1. The largest absolute Gasteiger partial charge is 0.324 e. The maximum absolute atomic E-state index is 13.5. The van der Waals surface area contributed by atoms with E-state index in [1.807, 2.05) is 0 Å². The van der Waals surface area contributed by atoms with Gasteiger partial charge in [-0.05, 0) is 25.1 Å². The number of aromatic nitrogens is 1. The fourth-order valence-electron chi connectivity index (χ4n) is 1.60. The highest BCUT2D eigenvalue weighted by atomic mass is 35.5. The zero-order valence-electron chi connectivity index (χ0n) is 8.96. The molecule has 0 aliphatic heterocycles. The molecule has 0 radical (unpaired) electrons. The summed E-state index contributed by atoms with van der Waals surface area (Å²) >= 11 is 5.73. The summed E-state index contributed by atoms with van der Waals surface area (Å²) in [6.45, 7) is 1.69. The fourth-order valence-corrected chi connectivity index (χ4v) is 1.81. The number of pyridine rings is 1. The van der Waals surface area contributed by atoms with Crippen LogP contribution in [0.2, 0.25) is 5.02 Å². The molecule has 1 aromatic carbocycles. The molecule has 0 aliphatic carbocycles. The molecule has 92 valence electrons. The molecule has 2 rings (SSSR count). The third-order valence-corrected chi connectivity index (χ3v) is 2.61. The van der Waals surface area contributed by atoms with E-state index in [0.29, 0.717) is 10.9 Å². The van der Waals surface area contributed by atoms with Crippen LogP contribution in [0.5, 0.6) is 0 Å². The summed E-state index contributed by atoms with van der Waals surface area (Å²) in [5, 5.41) is 0.824. The van der Waals surface area contributed by atoms with Crippen molar-refractivity contribution in [1.82, 2.24) is 4.98 Å². The van der Waals surface area contributed by atoms with Crippen LogP contribution in [-0.4, -0.2) is 4.98 Å². The van der Waals surface area contributed by atoms with Crippen LogP contribution in [0.15, 0.2) is 23.0 Å². The first kappa shape index (κ1) is 14.0. The van der Waals surface area contributed by atoms with E-state index < -0.39 is 11.9 Å². The second-order valence-corrected chi connectivity index (χ2v) is 4.13. The fraction of sp³-hybridized carbons (Fsp3) is 0.182. The molecule has 0 fully saturated rings. The number of rotatable bonds is 1. The van der Waals surface area contributed by atoms with Crippen molar-refractivity contribution in [3.63, 3.8) is 0 Å². The van der Waals surface area contributed by atoms with Crippen molar-refractivity contribution in [1.29, 1.82) is 0 Å². The van der Waals surface area contributed by atoms with Gasteiger partial charge in [-0.3, -0.25) is 4.79 Å². The predicted molar refractivity (Wildman–Crippen MR) is 69.4 cm³/mol. The SMILES string of the molecule is CC(N)c1cc2cc(Cl)cc(F)c2[nH]c1=O.Cl. The Balaban J connectivity index is 0.00000144. The van der Waals surface area contributed by atoms with Crippen molar-refractivity contribution in [3.05, 3.63) is 45.0 Å². The van der Waals surface area contributed by atoms with Crippen LogP contribution in [0.3, 0.4) is 0 Å². The van der Waals surface area contributed by atoms with Gasteiger partial charge in [0, 0.05) is 22.0 Å². The first-order chi connectivity index (χ1) is 7.49. The number of fused-ring (bicyclic) bond motifs is 1. The molecule has 0 saturated carbocycles. The minimum Gasteiger partial charge on any atom is -0.324 e. The summed E-state index contributed by atoms with van der Waals surface area (Å²) in [4.78, 5) is 14.0. The lowest BCUT2D eigenvalue weighted by molar-refractivity contribution is 0.636. The number of H-pyrrole nitrogens is 1. The van der Waals surface area contributed by atoms with Gasteiger partial charge in [0.15, 0.2) is 0 Å². The molecule has 0 aliphatic rings. The second kappa shape index (κ2) is 5.04. The van der Waals surface area contributed by atoms with Crippen molar-refractivity contribution in [2.24, 2.45) is 5.73 Å². The Kier molecular flexibility index (Phi) is 4.14. The van der Waals surface area contributed by atoms with Gasteiger partial charge < -0.3 is 10.7 Å². The number of nitrogens with one attached hydrogen (secondary N) is 1. The van der Waals surface area contributed by atoms with E-state index in [1.165, 1.54) is 0 Å². The zero-order valence-corrected chi connectivity index (χ0v) is 10.5. The maximum Gasteiger partial charge on any atom is 0.253 e. The highest BCUT2D eigenvalue weighted by Gasteiger charge is 2.10. The average Bonchev–Trinajstić information content (AvgIpc) is 2.18. The summed E-state index contributed by atoms with van der Waals surface area (Å²) in [5.41, 5.74) is 5.83. The van der Waals surface area contributed by atoms with E-state index in [1.54, 1.807) is 19.1 Å². The first-order valence-corrected chi connectivity index (χ1v) is 5.14. The molecule has 2 aromatic rings. The molecular formula is C11H11Cl2FN2O. The van der Waals surface area contributed by atoms with E-state index in [2.05, 4.69) is 4.98 Å². The van der Waals surface area contributed by atoms with Gasteiger partial charge in [-0.15, -0.1) is 12.4 Å². The van der Waals surface area contributed by atoms with Crippen LogP contribution in [-0.2, 0) is 0 Å². The molecular weight excluding hydrogens is 266 g/mol. The smallest absolute Gasteiger partial charge is 0.253 e.